The third-order valence-corrected chi connectivity index (χ3v) is 5.58. The SMILES string of the molecule is Cc1ccc(NC(=O)C2(c3ccccc3C(C)C)CN(C(=O)NCC(=O)O)C2)c(OC(F)F)n1. The van der Waals surface area contributed by atoms with Gasteiger partial charge < -0.3 is 25.4 Å². The first-order chi connectivity index (χ1) is 16.0. The van der Waals surface area contributed by atoms with Crippen molar-refractivity contribution in [2.24, 2.45) is 0 Å². The fourth-order valence-corrected chi connectivity index (χ4v) is 3.93. The van der Waals surface area contributed by atoms with Crippen LogP contribution in [0.2, 0.25) is 0 Å². The number of aromatic nitrogens is 1. The van der Waals surface area contributed by atoms with Crippen molar-refractivity contribution in [3.8, 4) is 5.88 Å². The Morgan fingerprint density at radius 3 is 2.47 bits per heavy atom. The standard InChI is InChI=1S/C23H26F2N4O5/c1-13(2)15-6-4-5-7-16(15)23(11-29(12-23)22(33)26-10-18(30)31)20(32)28-17-9-8-14(3)27-19(17)34-21(24)25/h4-9,13,21H,10-12H2,1-3H3,(H,26,33)(H,28,32)(H,30,31). The Morgan fingerprint density at radius 1 is 1.18 bits per heavy atom. The number of nitrogens with zero attached hydrogens (tertiary/aromatic N) is 2. The van der Waals surface area contributed by atoms with Crippen molar-refractivity contribution in [1.82, 2.24) is 15.2 Å². The molecule has 1 fully saturated rings. The first-order valence-electron chi connectivity index (χ1n) is 10.6. The number of amides is 3. The van der Waals surface area contributed by atoms with Crippen molar-refractivity contribution in [2.45, 2.75) is 38.7 Å². The minimum atomic E-state index is -3.13. The molecule has 0 atom stereocenters. The van der Waals surface area contributed by atoms with Gasteiger partial charge in [0, 0.05) is 18.8 Å². The van der Waals surface area contributed by atoms with Crippen LogP contribution in [0.3, 0.4) is 0 Å². The number of rotatable bonds is 8. The summed E-state index contributed by atoms with van der Waals surface area (Å²) >= 11 is 0. The Kier molecular flexibility index (Phi) is 7.33. The molecule has 1 aromatic carbocycles. The Labute approximate surface area is 195 Å². The molecule has 0 saturated carbocycles. The van der Waals surface area contributed by atoms with E-state index in [4.69, 9.17) is 5.11 Å². The topological polar surface area (TPSA) is 121 Å². The van der Waals surface area contributed by atoms with Gasteiger partial charge in [-0.15, -0.1) is 0 Å². The number of carboxylic acid groups (broad SMARTS) is 1. The summed E-state index contributed by atoms with van der Waals surface area (Å²) in [5.41, 5.74) is 0.814. The molecule has 0 bridgehead atoms. The normalized spacial score (nSPS) is 14.5. The number of ether oxygens (including phenoxy) is 1. The lowest BCUT2D eigenvalue weighted by molar-refractivity contribution is -0.136. The number of anilines is 1. The van der Waals surface area contributed by atoms with E-state index in [1.165, 1.54) is 11.0 Å². The molecule has 9 nitrogen and oxygen atoms in total. The molecule has 1 aliphatic heterocycles. The van der Waals surface area contributed by atoms with E-state index in [-0.39, 0.29) is 24.7 Å². The van der Waals surface area contributed by atoms with E-state index in [2.05, 4.69) is 20.4 Å². The Hall–Kier alpha value is -3.76. The lowest BCUT2D eigenvalue weighted by atomic mass is 9.69. The Morgan fingerprint density at radius 2 is 1.85 bits per heavy atom. The largest absolute Gasteiger partial charge is 0.480 e. The third-order valence-electron chi connectivity index (χ3n) is 5.58. The summed E-state index contributed by atoms with van der Waals surface area (Å²) in [4.78, 5) is 42.0. The number of benzene rings is 1. The van der Waals surface area contributed by atoms with Crippen LogP contribution in [0.5, 0.6) is 5.88 Å². The second kappa shape index (κ2) is 10.0. The van der Waals surface area contributed by atoms with Gasteiger partial charge in [0.2, 0.25) is 11.8 Å². The number of halogens is 2. The van der Waals surface area contributed by atoms with Crippen LogP contribution >= 0.6 is 0 Å². The van der Waals surface area contributed by atoms with Crippen molar-refractivity contribution in [2.75, 3.05) is 25.0 Å². The average Bonchev–Trinajstić information content (AvgIpc) is 2.73. The van der Waals surface area contributed by atoms with Gasteiger partial charge in [-0.3, -0.25) is 9.59 Å². The molecule has 34 heavy (non-hydrogen) atoms. The van der Waals surface area contributed by atoms with Gasteiger partial charge in [0.05, 0.1) is 0 Å². The summed E-state index contributed by atoms with van der Waals surface area (Å²) in [5, 5.41) is 13.7. The van der Waals surface area contributed by atoms with Gasteiger partial charge in [-0.2, -0.15) is 8.78 Å². The van der Waals surface area contributed by atoms with E-state index >= 15 is 0 Å². The van der Waals surface area contributed by atoms with Crippen LogP contribution in [0.25, 0.3) is 0 Å². The molecule has 2 aromatic rings. The minimum absolute atomic E-state index is 0.0221. The number of likely N-dealkylation sites (tertiary alicyclic amines) is 1. The van der Waals surface area contributed by atoms with E-state index < -0.39 is 42.4 Å². The number of pyridine rings is 1. The average molecular weight is 476 g/mol. The summed E-state index contributed by atoms with van der Waals surface area (Å²) in [6, 6.07) is 9.67. The second-order valence-electron chi connectivity index (χ2n) is 8.37. The van der Waals surface area contributed by atoms with Gasteiger partial charge in [0.15, 0.2) is 0 Å². The summed E-state index contributed by atoms with van der Waals surface area (Å²) in [6.45, 7) is 1.80. The predicted octanol–water partition coefficient (Wildman–Crippen LogP) is 3.10. The molecule has 3 rings (SSSR count). The molecule has 3 N–H and O–H groups in total. The number of nitrogens with one attached hydrogen (secondary N) is 2. The zero-order valence-electron chi connectivity index (χ0n) is 19.0. The Balaban J connectivity index is 1.94. The lowest BCUT2D eigenvalue weighted by Gasteiger charge is -2.49. The lowest BCUT2D eigenvalue weighted by Crippen LogP contribution is -2.68. The molecule has 11 heteroatoms. The molecular weight excluding hydrogens is 450 g/mol. The maximum absolute atomic E-state index is 13.6. The van der Waals surface area contributed by atoms with Gasteiger partial charge in [-0.1, -0.05) is 38.1 Å². The fraction of sp³-hybridized carbons (Fsp3) is 0.391. The highest BCUT2D eigenvalue weighted by Crippen LogP contribution is 2.40. The maximum Gasteiger partial charge on any atom is 0.388 e. The van der Waals surface area contributed by atoms with Crippen molar-refractivity contribution in [3.05, 3.63) is 53.2 Å². The van der Waals surface area contributed by atoms with E-state index in [1.807, 2.05) is 26.0 Å². The summed E-state index contributed by atoms with van der Waals surface area (Å²) in [7, 11) is 0. The van der Waals surface area contributed by atoms with E-state index in [0.717, 1.165) is 5.56 Å². The van der Waals surface area contributed by atoms with Crippen molar-refractivity contribution in [1.29, 1.82) is 0 Å². The number of aliphatic carboxylic acids is 1. The summed E-state index contributed by atoms with van der Waals surface area (Å²) in [5.74, 6) is -2.06. The second-order valence-corrected chi connectivity index (χ2v) is 8.37. The molecule has 1 aliphatic rings. The molecular formula is C23H26F2N4O5. The number of carbonyl (C=O) groups excluding carboxylic acids is 2. The van der Waals surface area contributed by atoms with Crippen molar-refractivity contribution in [3.63, 3.8) is 0 Å². The summed E-state index contributed by atoms with van der Waals surface area (Å²) in [6.07, 6.45) is 0. The first-order valence-corrected chi connectivity index (χ1v) is 10.6. The zero-order valence-corrected chi connectivity index (χ0v) is 19.0. The van der Waals surface area contributed by atoms with Crippen LogP contribution in [0, 0.1) is 6.92 Å². The van der Waals surface area contributed by atoms with Crippen LogP contribution in [0.1, 0.15) is 36.6 Å². The van der Waals surface area contributed by atoms with E-state index in [1.54, 1.807) is 25.1 Å². The number of urea groups is 1. The highest BCUT2D eigenvalue weighted by molar-refractivity contribution is 6.02. The third kappa shape index (κ3) is 5.24. The number of carboxylic acids is 1. The highest BCUT2D eigenvalue weighted by atomic mass is 19.3. The monoisotopic (exact) mass is 476 g/mol. The molecule has 2 heterocycles. The van der Waals surface area contributed by atoms with Crippen molar-refractivity contribution >= 4 is 23.6 Å². The van der Waals surface area contributed by atoms with Crippen LogP contribution in [0.4, 0.5) is 19.3 Å². The number of hydrogen-bond donors (Lipinski definition) is 3. The predicted molar refractivity (Wildman–Crippen MR) is 119 cm³/mol. The fourth-order valence-electron chi connectivity index (χ4n) is 3.93. The van der Waals surface area contributed by atoms with Crippen LogP contribution in [-0.4, -0.2) is 59.1 Å². The zero-order chi connectivity index (χ0) is 25.0. The van der Waals surface area contributed by atoms with Crippen LogP contribution < -0.4 is 15.4 Å². The van der Waals surface area contributed by atoms with E-state index in [9.17, 15) is 23.2 Å². The van der Waals surface area contributed by atoms with Crippen molar-refractivity contribution < 1.29 is 33.0 Å². The summed E-state index contributed by atoms with van der Waals surface area (Å²) < 4.78 is 30.3. The molecule has 1 saturated heterocycles. The molecule has 182 valence electrons. The van der Waals surface area contributed by atoms with Gasteiger partial charge in [0.25, 0.3) is 0 Å². The molecule has 3 amide bonds. The van der Waals surface area contributed by atoms with Gasteiger partial charge >= 0.3 is 18.6 Å². The molecule has 1 aromatic heterocycles. The number of alkyl halides is 2. The number of aryl methyl sites for hydroxylation is 1. The van der Waals surface area contributed by atoms with E-state index in [0.29, 0.717) is 11.3 Å². The Bertz CT molecular complexity index is 1090. The first kappa shape index (κ1) is 24.9. The molecule has 0 unspecified atom stereocenters. The quantitative estimate of drug-likeness (QED) is 0.539. The highest BCUT2D eigenvalue weighted by Gasteiger charge is 2.53. The molecule has 0 aliphatic carbocycles. The number of carbonyl (C=O) groups is 3. The van der Waals surface area contributed by atoms with Gasteiger partial charge in [-0.25, -0.2) is 9.78 Å². The van der Waals surface area contributed by atoms with Crippen LogP contribution in [-0.2, 0) is 15.0 Å². The minimum Gasteiger partial charge on any atom is -0.480 e. The smallest absolute Gasteiger partial charge is 0.388 e. The maximum atomic E-state index is 13.6. The molecule has 0 radical (unpaired) electrons. The molecule has 0 spiro atoms. The van der Waals surface area contributed by atoms with Crippen LogP contribution in [0.15, 0.2) is 36.4 Å². The van der Waals surface area contributed by atoms with Gasteiger partial charge in [0.1, 0.15) is 17.6 Å². The van der Waals surface area contributed by atoms with Gasteiger partial charge in [-0.05, 0) is 36.1 Å². The number of hydrogen-bond acceptors (Lipinski definition) is 5.